The van der Waals surface area contributed by atoms with Crippen LogP contribution in [0, 0.1) is 0 Å². The van der Waals surface area contributed by atoms with E-state index < -0.39 is 0 Å². The molecule has 4 rings (SSSR count). The molecule has 2 heterocycles. The molecule has 0 saturated carbocycles. The van der Waals surface area contributed by atoms with E-state index in [2.05, 4.69) is 15.5 Å². The molecule has 0 bridgehead atoms. The average molecular weight is 374 g/mol. The fourth-order valence-electron chi connectivity index (χ4n) is 3.65. The minimum Gasteiger partial charge on any atom is -0.338 e. The number of carbonyl (C=O) groups is 2. The molecule has 2 aromatic carbocycles. The fraction of sp³-hybridized carbons (Fsp3) is 0.227. The van der Waals surface area contributed by atoms with Crippen LogP contribution in [-0.2, 0) is 0 Å². The highest BCUT2D eigenvalue weighted by molar-refractivity contribution is 6.04. The first kappa shape index (κ1) is 18.0. The van der Waals surface area contributed by atoms with E-state index in [4.69, 9.17) is 0 Å². The molecule has 0 unspecified atom stereocenters. The van der Waals surface area contributed by atoms with Crippen LogP contribution >= 0.6 is 0 Å². The molecule has 1 aliphatic heterocycles. The standard InChI is InChI=1S/C22H22N4O2/c27-21(16-8-3-1-4-9-16)24-19-14-23-25-20(19)18-12-7-13-26(15-18)22(28)17-10-5-2-6-11-17/h1-6,8-11,14,18H,7,12-13,15H2,(H,23,25)(H,24,27)/t18-/m0/s1. The van der Waals surface area contributed by atoms with Crippen molar-refractivity contribution in [3.63, 3.8) is 0 Å². The Labute approximate surface area is 163 Å². The quantitative estimate of drug-likeness (QED) is 0.731. The highest BCUT2D eigenvalue weighted by Crippen LogP contribution is 2.31. The lowest BCUT2D eigenvalue weighted by Gasteiger charge is -2.32. The summed E-state index contributed by atoms with van der Waals surface area (Å²) in [5.41, 5.74) is 2.84. The summed E-state index contributed by atoms with van der Waals surface area (Å²) < 4.78 is 0. The predicted molar refractivity (Wildman–Crippen MR) is 107 cm³/mol. The van der Waals surface area contributed by atoms with E-state index in [-0.39, 0.29) is 17.7 Å². The molecule has 0 aliphatic carbocycles. The van der Waals surface area contributed by atoms with Crippen LogP contribution in [0.3, 0.4) is 0 Å². The van der Waals surface area contributed by atoms with E-state index in [9.17, 15) is 9.59 Å². The Hall–Kier alpha value is -3.41. The molecule has 0 spiro atoms. The van der Waals surface area contributed by atoms with Crippen molar-refractivity contribution >= 4 is 17.5 Å². The number of amides is 2. The maximum Gasteiger partial charge on any atom is 0.255 e. The zero-order valence-electron chi connectivity index (χ0n) is 15.5. The van der Waals surface area contributed by atoms with E-state index in [0.29, 0.717) is 23.4 Å². The van der Waals surface area contributed by atoms with Gasteiger partial charge in [0.15, 0.2) is 0 Å². The number of hydrogen-bond donors (Lipinski definition) is 2. The predicted octanol–water partition coefficient (Wildman–Crippen LogP) is 3.68. The Morgan fingerprint density at radius 2 is 1.68 bits per heavy atom. The van der Waals surface area contributed by atoms with Gasteiger partial charge in [-0.2, -0.15) is 5.10 Å². The van der Waals surface area contributed by atoms with Gasteiger partial charge in [-0.1, -0.05) is 36.4 Å². The number of rotatable bonds is 4. The van der Waals surface area contributed by atoms with Gasteiger partial charge in [-0.15, -0.1) is 0 Å². The van der Waals surface area contributed by atoms with Crippen LogP contribution in [0.15, 0.2) is 66.9 Å². The van der Waals surface area contributed by atoms with Crippen LogP contribution in [0.5, 0.6) is 0 Å². The summed E-state index contributed by atoms with van der Waals surface area (Å²) in [6, 6.07) is 18.4. The van der Waals surface area contributed by atoms with Gasteiger partial charge in [0.1, 0.15) is 0 Å². The van der Waals surface area contributed by atoms with E-state index in [0.717, 1.165) is 25.1 Å². The van der Waals surface area contributed by atoms with Gasteiger partial charge < -0.3 is 10.2 Å². The lowest BCUT2D eigenvalue weighted by atomic mass is 9.93. The highest BCUT2D eigenvalue weighted by atomic mass is 16.2. The Morgan fingerprint density at radius 3 is 2.39 bits per heavy atom. The van der Waals surface area contributed by atoms with Gasteiger partial charge in [0.05, 0.1) is 17.6 Å². The highest BCUT2D eigenvalue weighted by Gasteiger charge is 2.28. The maximum atomic E-state index is 12.8. The Balaban J connectivity index is 1.48. The number of aromatic nitrogens is 2. The SMILES string of the molecule is O=C(Nc1cn[nH]c1[C@H]1CCCN(C(=O)c2ccccc2)C1)c1ccccc1. The van der Waals surface area contributed by atoms with Crippen molar-refractivity contribution in [2.75, 3.05) is 18.4 Å². The van der Waals surface area contributed by atoms with Crippen molar-refractivity contribution in [2.45, 2.75) is 18.8 Å². The lowest BCUT2D eigenvalue weighted by molar-refractivity contribution is 0.0705. The van der Waals surface area contributed by atoms with Crippen LogP contribution in [0.2, 0.25) is 0 Å². The molecule has 142 valence electrons. The van der Waals surface area contributed by atoms with E-state index >= 15 is 0 Å². The minimum atomic E-state index is -0.170. The number of hydrogen-bond acceptors (Lipinski definition) is 3. The van der Waals surface area contributed by atoms with Crippen LogP contribution in [0.25, 0.3) is 0 Å². The van der Waals surface area contributed by atoms with Gasteiger partial charge in [0, 0.05) is 30.1 Å². The molecule has 1 aliphatic rings. The van der Waals surface area contributed by atoms with Gasteiger partial charge in [0.2, 0.25) is 0 Å². The van der Waals surface area contributed by atoms with Crippen molar-refractivity contribution in [2.24, 2.45) is 0 Å². The second-order valence-electron chi connectivity index (χ2n) is 6.97. The Bertz CT molecular complexity index is 953. The zero-order chi connectivity index (χ0) is 19.3. The average Bonchev–Trinajstić information content (AvgIpc) is 3.22. The van der Waals surface area contributed by atoms with Gasteiger partial charge in [-0.05, 0) is 37.1 Å². The number of H-pyrrole nitrogens is 1. The number of aromatic amines is 1. The molecule has 6 nitrogen and oxygen atoms in total. The van der Waals surface area contributed by atoms with E-state index in [1.165, 1.54) is 0 Å². The Morgan fingerprint density at radius 1 is 1.00 bits per heavy atom. The molecule has 6 heteroatoms. The molecular formula is C22H22N4O2. The molecule has 1 atom stereocenters. The van der Waals surface area contributed by atoms with Gasteiger partial charge in [-0.25, -0.2) is 0 Å². The number of anilines is 1. The summed E-state index contributed by atoms with van der Waals surface area (Å²) in [7, 11) is 0. The van der Waals surface area contributed by atoms with Crippen LogP contribution in [-0.4, -0.2) is 40.0 Å². The second-order valence-corrected chi connectivity index (χ2v) is 6.97. The molecule has 28 heavy (non-hydrogen) atoms. The van der Waals surface area contributed by atoms with E-state index in [1.54, 1.807) is 18.3 Å². The molecule has 2 N–H and O–H groups in total. The van der Waals surface area contributed by atoms with Crippen molar-refractivity contribution in [1.29, 1.82) is 0 Å². The van der Waals surface area contributed by atoms with Gasteiger partial charge in [0.25, 0.3) is 11.8 Å². The third-order valence-electron chi connectivity index (χ3n) is 5.09. The number of piperidine rings is 1. The summed E-state index contributed by atoms with van der Waals surface area (Å²) in [4.78, 5) is 27.2. The Kier molecular flexibility index (Phi) is 5.19. The first-order valence-electron chi connectivity index (χ1n) is 9.46. The third-order valence-corrected chi connectivity index (χ3v) is 5.09. The third kappa shape index (κ3) is 3.81. The number of likely N-dealkylation sites (tertiary alicyclic amines) is 1. The zero-order valence-corrected chi connectivity index (χ0v) is 15.5. The van der Waals surface area contributed by atoms with Crippen molar-refractivity contribution in [3.8, 4) is 0 Å². The number of nitrogens with zero attached hydrogens (tertiary/aromatic N) is 2. The largest absolute Gasteiger partial charge is 0.338 e. The summed E-state index contributed by atoms with van der Waals surface area (Å²) in [6.07, 6.45) is 3.48. The van der Waals surface area contributed by atoms with Crippen molar-refractivity contribution in [3.05, 3.63) is 83.7 Å². The lowest BCUT2D eigenvalue weighted by Crippen LogP contribution is -2.39. The summed E-state index contributed by atoms with van der Waals surface area (Å²) in [6.45, 7) is 1.34. The minimum absolute atomic E-state index is 0.0414. The second kappa shape index (κ2) is 8.08. The monoisotopic (exact) mass is 374 g/mol. The fourth-order valence-corrected chi connectivity index (χ4v) is 3.65. The molecule has 1 saturated heterocycles. The van der Waals surface area contributed by atoms with Crippen LogP contribution < -0.4 is 5.32 Å². The number of carbonyl (C=O) groups excluding carboxylic acids is 2. The smallest absolute Gasteiger partial charge is 0.255 e. The first-order chi connectivity index (χ1) is 13.7. The topological polar surface area (TPSA) is 78.1 Å². The van der Waals surface area contributed by atoms with E-state index in [1.807, 2.05) is 53.4 Å². The molecule has 1 fully saturated rings. The molecular weight excluding hydrogens is 352 g/mol. The van der Waals surface area contributed by atoms with Crippen molar-refractivity contribution in [1.82, 2.24) is 15.1 Å². The maximum absolute atomic E-state index is 12.8. The van der Waals surface area contributed by atoms with Gasteiger partial charge in [-0.3, -0.25) is 14.7 Å². The summed E-state index contributed by atoms with van der Waals surface area (Å²) >= 11 is 0. The van der Waals surface area contributed by atoms with Crippen LogP contribution in [0.1, 0.15) is 45.2 Å². The summed E-state index contributed by atoms with van der Waals surface area (Å²) in [5, 5.41) is 10.1. The first-order valence-corrected chi connectivity index (χ1v) is 9.46. The summed E-state index contributed by atoms with van der Waals surface area (Å²) in [5.74, 6) is -0.0223. The van der Waals surface area contributed by atoms with Gasteiger partial charge >= 0.3 is 0 Å². The van der Waals surface area contributed by atoms with Crippen molar-refractivity contribution < 1.29 is 9.59 Å². The molecule has 0 radical (unpaired) electrons. The normalized spacial score (nSPS) is 16.6. The number of nitrogens with one attached hydrogen (secondary N) is 2. The molecule has 3 aromatic rings. The van der Waals surface area contributed by atoms with Crippen LogP contribution in [0.4, 0.5) is 5.69 Å². The molecule has 2 amide bonds. The molecule has 1 aromatic heterocycles. The number of benzene rings is 2.